The van der Waals surface area contributed by atoms with Gasteiger partial charge in [-0.05, 0) is 32.6 Å². The molecule has 0 aromatic rings. The standard InChI is InChI=1S/C14H26N4O.HI/c1-2-15-14(18-11-6-4-3-5-7-11)16-10-13(19)17-12-8-9-12;/h11-12H,2-10H2,1H3,(H,17,19)(H2,15,16,18);1H. The summed E-state index contributed by atoms with van der Waals surface area (Å²) in [5.74, 6) is 0.809. The molecule has 5 nitrogen and oxygen atoms in total. The molecule has 2 fully saturated rings. The largest absolute Gasteiger partial charge is 0.357 e. The fourth-order valence-corrected chi connectivity index (χ4v) is 2.41. The van der Waals surface area contributed by atoms with Crippen molar-refractivity contribution in [3.8, 4) is 0 Å². The molecule has 0 atom stereocenters. The molecule has 0 aromatic heterocycles. The Labute approximate surface area is 138 Å². The first-order valence-corrected chi connectivity index (χ1v) is 7.62. The molecule has 2 aliphatic carbocycles. The van der Waals surface area contributed by atoms with Crippen LogP contribution in [-0.2, 0) is 4.79 Å². The van der Waals surface area contributed by atoms with Crippen LogP contribution in [0.25, 0.3) is 0 Å². The number of nitrogens with one attached hydrogen (secondary N) is 3. The van der Waals surface area contributed by atoms with Gasteiger partial charge in [-0.3, -0.25) is 4.79 Å². The Bertz CT molecular complexity index is 325. The SMILES string of the molecule is CCNC(=NCC(=O)NC1CC1)NC1CCCCC1.I. The van der Waals surface area contributed by atoms with E-state index in [2.05, 4.69) is 20.9 Å². The van der Waals surface area contributed by atoms with E-state index in [1.807, 2.05) is 6.92 Å². The lowest BCUT2D eigenvalue weighted by Gasteiger charge is -2.24. The van der Waals surface area contributed by atoms with E-state index in [9.17, 15) is 4.79 Å². The summed E-state index contributed by atoms with van der Waals surface area (Å²) in [6.07, 6.45) is 8.58. The first kappa shape index (κ1) is 17.5. The van der Waals surface area contributed by atoms with E-state index in [1.165, 1.54) is 32.1 Å². The van der Waals surface area contributed by atoms with Crippen molar-refractivity contribution in [2.75, 3.05) is 13.1 Å². The number of carbonyl (C=O) groups is 1. The van der Waals surface area contributed by atoms with Crippen LogP contribution < -0.4 is 16.0 Å². The van der Waals surface area contributed by atoms with E-state index in [4.69, 9.17) is 0 Å². The summed E-state index contributed by atoms with van der Waals surface area (Å²) < 4.78 is 0. The van der Waals surface area contributed by atoms with Crippen LogP contribution >= 0.6 is 24.0 Å². The van der Waals surface area contributed by atoms with Crippen LogP contribution in [0.3, 0.4) is 0 Å². The lowest BCUT2D eigenvalue weighted by Crippen LogP contribution is -2.44. The molecule has 0 spiro atoms. The highest BCUT2D eigenvalue weighted by atomic mass is 127. The Kier molecular flexibility index (Phi) is 8.25. The van der Waals surface area contributed by atoms with Gasteiger partial charge in [0, 0.05) is 18.6 Å². The number of rotatable bonds is 5. The summed E-state index contributed by atoms with van der Waals surface area (Å²) in [6.45, 7) is 3.09. The van der Waals surface area contributed by atoms with Crippen molar-refractivity contribution >= 4 is 35.8 Å². The predicted molar refractivity (Wildman–Crippen MR) is 92.6 cm³/mol. The maximum atomic E-state index is 11.6. The molecule has 116 valence electrons. The van der Waals surface area contributed by atoms with Gasteiger partial charge in [0.15, 0.2) is 5.96 Å². The first-order valence-electron chi connectivity index (χ1n) is 7.62. The molecule has 0 aromatic carbocycles. The second-order valence-electron chi connectivity index (χ2n) is 5.52. The summed E-state index contributed by atoms with van der Waals surface area (Å²) in [6, 6.07) is 0.926. The van der Waals surface area contributed by atoms with Gasteiger partial charge in [-0.15, -0.1) is 24.0 Å². The van der Waals surface area contributed by atoms with Gasteiger partial charge in [0.2, 0.25) is 5.91 Å². The summed E-state index contributed by atoms with van der Waals surface area (Å²) in [5.41, 5.74) is 0. The fourth-order valence-electron chi connectivity index (χ4n) is 2.41. The Balaban J connectivity index is 0.00000200. The number of carbonyl (C=O) groups excluding carboxylic acids is 1. The zero-order valence-electron chi connectivity index (χ0n) is 12.3. The molecule has 2 aliphatic rings. The number of guanidine groups is 1. The molecule has 20 heavy (non-hydrogen) atoms. The van der Waals surface area contributed by atoms with Crippen molar-refractivity contribution in [2.24, 2.45) is 4.99 Å². The number of hydrogen-bond donors (Lipinski definition) is 3. The molecular weight excluding hydrogens is 367 g/mol. The van der Waals surface area contributed by atoms with Gasteiger partial charge in [-0.1, -0.05) is 19.3 Å². The predicted octanol–water partition coefficient (Wildman–Crippen LogP) is 1.77. The monoisotopic (exact) mass is 394 g/mol. The molecule has 1 amide bonds. The van der Waals surface area contributed by atoms with Gasteiger partial charge in [0.25, 0.3) is 0 Å². The summed E-state index contributed by atoms with van der Waals surface area (Å²) >= 11 is 0. The maximum absolute atomic E-state index is 11.6. The third-order valence-corrected chi connectivity index (χ3v) is 3.61. The zero-order valence-corrected chi connectivity index (χ0v) is 14.6. The number of hydrogen-bond acceptors (Lipinski definition) is 2. The minimum Gasteiger partial charge on any atom is -0.357 e. The molecule has 6 heteroatoms. The minimum absolute atomic E-state index is 0. The summed E-state index contributed by atoms with van der Waals surface area (Å²) in [4.78, 5) is 16.0. The van der Waals surface area contributed by atoms with Gasteiger partial charge in [-0.2, -0.15) is 0 Å². The topological polar surface area (TPSA) is 65.5 Å². The quantitative estimate of drug-likeness (QED) is 0.378. The van der Waals surface area contributed by atoms with Crippen molar-refractivity contribution in [3.63, 3.8) is 0 Å². The third kappa shape index (κ3) is 6.76. The average molecular weight is 394 g/mol. The second-order valence-corrected chi connectivity index (χ2v) is 5.52. The normalized spacial score (nSPS) is 19.9. The van der Waals surface area contributed by atoms with Gasteiger partial charge >= 0.3 is 0 Å². The van der Waals surface area contributed by atoms with E-state index in [1.54, 1.807) is 0 Å². The smallest absolute Gasteiger partial charge is 0.242 e. The summed E-state index contributed by atoms with van der Waals surface area (Å²) in [5, 5.41) is 9.61. The van der Waals surface area contributed by atoms with Crippen LogP contribution in [0.15, 0.2) is 4.99 Å². The molecule has 3 N–H and O–H groups in total. The molecule has 0 unspecified atom stereocenters. The van der Waals surface area contributed by atoms with E-state index < -0.39 is 0 Å². The second kappa shape index (κ2) is 9.41. The van der Waals surface area contributed by atoms with E-state index >= 15 is 0 Å². The summed E-state index contributed by atoms with van der Waals surface area (Å²) in [7, 11) is 0. The maximum Gasteiger partial charge on any atom is 0.242 e. The van der Waals surface area contributed by atoms with Gasteiger partial charge in [0.05, 0.1) is 0 Å². The highest BCUT2D eigenvalue weighted by Crippen LogP contribution is 2.18. The highest BCUT2D eigenvalue weighted by molar-refractivity contribution is 14.0. The molecule has 2 saturated carbocycles. The number of aliphatic imine (C=N–C) groups is 1. The van der Waals surface area contributed by atoms with Gasteiger partial charge in [-0.25, -0.2) is 4.99 Å². The van der Waals surface area contributed by atoms with Crippen LogP contribution in [0.1, 0.15) is 51.9 Å². The van der Waals surface area contributed by atoms with Crippen molar-refractivity contribution in [3.05, 3.63) is 0 Å². The fraction of sp³-hybridized carbons (Fsp3) is 0.857. The number of nitrogens with zero attached hydrogens (tertiary/aromatic N) is 1. The average Bonchev–Trinajstić information content (AvgIpc) is 3.21. The molecule has 0 bridgehead atoms. The lowest BCUT2D eigenvalue weighted by atomic mass is 9.96. The Morgan fingerprint density at radius 2 is 1.70 bits per heavy atom. The van der Waals surface area contributed by atoms with Crippen LogP contribution in [0.5, 0.6) is 0 Å². The van der Waals surface area contributed by atoms with Crippen LogP contribution in [0.4, 0.5) is 0 Å². The van der Waals surface area contributed by atoms with Crippen molar-refractivity contribution < 1.29 is 4.79 Å². The Morgan fingerprint density at radius 1 is 1.05 bits per heavy atom. The minimum atomic E-state index is 0. The van der Waals surface area contributed by atoms with E-state index in [0.717, 1.165) is 25.3 Å². The third-order valence-electron chi connectivity index (χ3n) is 3.61. The number of halogens is 1. The van der Waals surface area contributed by atoms with Crippen molar-refractivity contribution in [1.29, 1.82) is 0 Å². The Morgan fingerprint density at radius 3 is 2.30 bits per heavy atom. The van der Waals surface area contributed by atoms with E-state index in [-0.39, 0.29) is 36.4 Å². The van der Waals surface area contributed by atoms with Gasteiger partial charge < -0.3 is 16.0 Å². The Hall–Kier alpha value is -0.530. The molecule has 2 rings (SSSR count). The molecule has 0 heterocycles. The van der Waals surface area contributed by atoms with Gasteiger partial charge in [0.1, 0.15) is 6.54 Å². The van der Waals surface area contributed by atoms with Crippen LogP contribution in [0, 0.1) is 0 Å². The zero-order chi connectivity index (χ0) is 13.5. The highest BCUT2D eigenvalue weighted by Gasteiger charge is 2.23. The lowest BCUT2D eigenvalue weighted by molar-refractivity contribution is -0.119. The molecule has 0 saturated heterocycles. The van der Waals surface area contributed by atoms with Crippen LogP contribution in [0.2, 0.25) is 0 Å². The van der Waals surface area contributed by atoms with Crippen LogP contribution in [-0.4, -0.2) is 37.0 Å². The number of amides is 1. The van der Waals surface area contributed by atoms with Crippen molar-refractivity contribution in [1.82, 2.24) is 16.0 Å². The molecule has 0 aliphatic heterocycles. The molecule has 0 radical (unpaired) electrons. The first-order chi connectivity index (χ1) is 9.28. The van der Waals surface area contributed by atoms with E-state index in [0.29, 0.717) is 12.1 Å². The van der Waals surface area contributed by atoms with Crippen molar-refractivity contribution in [2.45, 2.75) is 64.0 Å². The molecular formula is C14H27IN4O.